The van der Waals surface area contributed by atoms with Crippen LogP contribution in [0.15, 0.2) is 42.5 Å². The highest BCUT2D eigenvalue weighted by Gasteiger charge is 2.28. The number of amides is 1. The number of nitrogens with one attached hydrogen (secondary N) is 1. The molecule has 4 rings (SSSR count). The monoisotopic (exact) mass is 384 g/mol. The summed E-state index contributed by atoms with van der Waals surface area (Å²) in [5.74, 6) is 1.31. The third-order valence-electron chi connectivity index (χ3n) is 5.34. The Morgan fingerprint density at radius 1 is 1.14 bits per heavy atom. The number of rotatable bonds is 6. The van der Waals surface area contributed by atoms with E-state index in [1.807, 2.05) is 18.2 Å². The molecule has 2 heterocycles. The minimum atomic E-state index is -0.227. The summed E-state index contributed by atoms with van der Waals surface area (Å²) in [4.78, 5) is 14.6. The quantitative estimate of drug-likeness (QED) is 0.832. The normalized spacial score (nSPS) is 18.8. The molecule has 2 aliphatic rings. The van der Waals surface area contributed by atoms with Gasteiger partial charge in [-0.25, -0.2) is 4.39 Å². The van der Waals surface area contributed by atoms with Gasteiger partial charge in [0.25, 0.3) is 0 Å². The average Bonchev–Trinajstić information content (AvgIpc) is 3.17. The molecule has 0 aliphatic carbocycles. The topological polar surface area (TPSA) is 50.8 Å². The number of hydrogen-bond donors (Lipinski definition) is 1. The Labute approximate surface area is 164 Å². The van der Waals surface area contributed by atoms with E-state index in [-0.39, 0.29) is 17.8 Å². The predicted molar refractivity (Wildman–Crippen MR) is 104 cm³/mol. The maximum Gasteiger partial charge on any atom is 0.234 e. The Kier molecular flexibility index (Phi) is 5.76. The van der Waals surface area contributed by atoms with Crippen LogP contribution in [0.3, 0.4) is 0 Å². The molecule has 28 heavy (non-hydrogen) atoms. The zero-order valence-corrected chi connectivity index (χ0v) is 15.8. The zero-order valence-electron chi connectivity index (χ0n) is 15.8. The molecule has 1 fully saturated rings. The summed E-state index contributed by atoms with van der Waals surface area (Å²) in [7, 11) is 0. The van der Waals surface area contributed by atoms with Gasteiger partial charge in [0.1, 0.15) is 19.0 Å². The third-order valence-corrected chi connectivity index (χ3v) is 5.34. The van der Waals surface area contributed by atoms with E-state index < -0.39 is 0 Å². The van der Waals surface area contributed by atoms with Gasteiger partial charge in [-0.3, -0.25) is 9.69 Å². The van der Waals surface area contributed by atoms with Crippen LogP contribution < -0.4 is 14.8 Å². The van der Waals surface area contributed by atoms with Crippen molar-refractivity contribution < 1.29 is 18.7 Å². The molecule has 2 aliphatic heterocycles. The van der Waals surface area contributed by atoms with E-state index in [0.29, 0.717) is 38.3 Å². The number of fused-ring (bicyclic) bond motifs is 1. The minimum Gasteiger partial charge on any atom is -0.486 e. The fraction of sp³-hybridized carbons (Fsp3) is 0.409. The lowest BCUT2D eigenvalue weighted by molar-refractivity contribution is -0.122. The molecule has 6 heteroatoms. The number of carbonyl (C=O) groups is 1. The van der Waals surface area contributed by atoms with E-state index in [1.54, 1.807) is 12.1 Å². The van der Waals surface area contributed by atoms with Gasteiger partial charge in [0.05, 0.1) is 6.54 Å². The molecule has 5 nitrogen and oxygen atoms in total. The Bertz CT molecular complexity index is 842. The summed E-state index contributed by atoms with van der Waals surface area (Å²) >= 11 is 0. The number of halogens is 1. The van der Waals surface area contributed by atoms with E-state index in [4.69, 9.17) is 9.47 Å². The van der Waals surface area contributed by atoms with Gasteiger partial charge in [-0.2, -0.15) is 0 Å². The minimum absolute atomic E-state index is 0.0271. The molecule has 2 aromatic carbocycles. The van der Waals surface area contributed by atoms with Gasteiger partial charge >= 0.3 is 0 Å². The molecule has 0 aromatic heterocycles. The molecule has 1 amide bonds. The summed E-state index contributed by atoms with van der Waals surface area (Å²) in [6.45, 7) is 2.81. The first-order chi connectivity index (χ1) is 13.7. The fourth-order valence-corrected chi connectivity index (χ4v) is 3.94. The molecule has 2 aromatic rings. The summed E-state index contributed by atoms with van der Waals surface area (Å²) in [6.07, 6.45) is 2.56. The standard InChI is InChI=1S/C22H25FN2O3/c23-18-5-2-1-4-16(18)9-10-24-22(26)15-25-11-3-6-19(25)17-7-8-20-21(14-17)28-13-12-27-20/h1-2,4-5,7-8,14,19H,3,6,9-13,15H2,(H,24,26)/t19-/m1/s1. The molecule has 1 saturated heterocycles. The van der Waals surface area contributed by atoms with Crippen molar-refractivity contribution in [2.45, 2.75) is 25.3 Å². The zero-order chi connectivity index (χ0) is 19.3. The van der Waals surface area contributed by atoms with Crippen LogP contribution in [0, 0.1) is 5.82 Å². The second-order valence-electron chi connectivity index (χ2n) is 7.22. The van der Waals surface area contributed by atoms with Crippen molar-refractivity contribution in [1.29, 1.82) is 0 Å². The second-order valence-corrected chi connectivity index (χ2v) is 7.22. The summed E-state index contributed by atoms with van der Waals surface area (Å²) in [5.41, 5.74) is 1.78. The molecule has 0 bridgehead atoms. The van der Waals surface area contributed by atoms with Crippen LogP contribution in [0.2, 0.25) is 0 Å². The van der Waals surface area contributed by atoms with Crippen molar-refractivity contribution in [2.75, 3.05) is 32.8 Å². The number of carbonyl (C=O) groups excluding carboxylic acids is 1. The fourth-order valence-electron chi connectivity index (χ4n) is 3.94. The van der Waals surface area contributed by atoms with Gasteiger partial charge in [-0.05, 0) is 55.1 Å². The maximum absolute atomic E-state index is 13.7. The van der Waals surface area contributed by atoms with Crippen LogP contribution in [0.25, 0.3) is 0 Å². The molecular weight excluding hydrogens is 359 g/mol. The molecule has 148 valence electrons. The van der Waals surface area contributed by atoms with Gasteiger partial charge in [-0.1, -0.05) is 24.3 Å². The van der Waals surface area contributed by atoms with Crippen LogP contribution in [0.5, 0.6) is 11.5 Å². The van der Waals surface area contributed by atoms with Crippen molar-refractivity contribution in [1.82, 2.24) is 10.2 Å². The first-order valence-corrected chi connectivity index (χ1v) is 9.84. The van der Waals surface area contributed by atoms with E-state index in [0.717, 1.165) is 36.4 Å². The highest BCUT2D eigenvalue weighted by Crippen LogP contribution is 2.37. The first-order valence-electron chi connectivity index (χ1n) is 9.84. The van der Waals surface area contributed by atoms with Crippen molar-refractivity contribution in [2.24, 2.45) is 0 Å². The molecule has 1 atom stereocenters. The summed E-state index contributed by atoms with van der Waals surface area (Å²) in [5, 5.41) is 2.92. The highest BCUT2D eigenvalue weighted by molar-refractivity contribution is 5.78. The molecule has 0 spiro atoms. The second kappa shape index (κ2) is 8.61. The van der Waals surface area contributed by atoms with Crippen molar-refractivity contribution >= 4 is 5.91 Å². The lowest BCUT2D eigenvalue weighted by Gasteiger charge is -2.26. The average molecular weight is 384 g/mol. The lowest BCUT2D eigenvalue weighted by Crippen LogP contribution is -2.37. The van der Waals surface area contributed by atoms with Crippen LogP contribution in [-0.2, 0) is 11.2 Å². The maximum atomic E-state index is 13.7. The van der Waals surface area contributed by atoms with E-state index in [2.05, 4.69) is 16.3 Å². The Morgan fingerprint density at radius 3 is 2.82 bits per heavy atom. The summed E-state index contributed by atoms with van der Waals surface area (Å²) in [6, 6.07) is 12.9. The smallest absolute Gasteiger partial charge is 0.234 e. The van der Waals surface area contributed by atoms with Gasteiger partial charge in [0.2, 0.25) is 5.91 Å². The summed E-state index contributed by atoms with van der Waals surface area (Å²) < 4.78 is 24.9. The van der Waals surface area contributed by atoms with Crippen molar-refractivity contribution in [3.8, 4) is 11.5 Å². The number of benzene rings is 2. The van der Waals surface area contributed by atoms with Crippen LogP contribution in [-0.4, -0.2) is 43.7 Å². The number of likely N-dealkylation sites (tertiary alicyclic amines) is 1. The van der Waals surface area contributed by atoms with Gasteiger partial charge in [-0.15, -0.1) is 0 Å². The van der Waals surface area contributed by atoms with Crippen molar-refractivity contribution in [3.63, 3.8) is 0 Å². The van der Waals surface area contributed by atoms with Crippen molar-refractivity contribution in [3.05, 3.63) is 59.4 Å². The Morgan fingerprint density at radius 2 is 1.96 bits per heavy atom. The molecule has 0 radical (unpaired) electrons. The van der Waals surface area contributed by atoms with Gasteiger partial charge < -0.3 is 14.8 Å². The van der Waals surface area contributed by atoms with Gasteiger partial charge in [0.15, 0.2) is 11.5 Å². The lowest BCUT2D eigenvalue weighted by atomic mass is 10.0. The molecule has 1 N–H and O–H groups in total. The highest BCUT2D eigenvalue weighted by atomic mass is 19.1. The molecule has 0 unspecified atom stereocenters. The number of nitrogens with zero attached hydrogens (tertiary/aromatic N) is 1. The number of ether oxygens (including phenoxy) is 2. The van der Waals surface area contributed by atoms with Crippen LogP contribution in [0.4, 0.5) is 4.39 Å². The Hall–Kier alpha value is -2.60. The number of hydrogen-bond acceptors (Lipinski definition) is 4. The van der Waals surface area contributed by atoms with E-state index in [9.17, 15) is 9.18 Å². The molecule has 0 saturated carbocycles. The van der Waals surface area contributed by atoms with Crippen LogP contribution >= 0.6 is 0 Å². The third kappa shape index (κ3) is 4.28. The van der Waals surface area contributed by atoms with E-state index in [1.165, 1.54) is 6.07 Å². The first kappa shape index (κ1) is 18.7. The predicted octanol–water partition coefficient (Wildman–Crippen LogP) is 3.09. The van der Waals surface area contributed by atoms with E-state index >= 15 is 0 Å². The van der Waals surface area contributed by atoms with Crippen LogP contribution in [0.1, 0.15) is 30.0 Å². The molecular formula is C22H25FN2O3. The SMILES string of the molecule is O=C(CN1CCC[C@@H]1c1ccc2c(c1)OCCO2)NCCc1ccccc1F. The largest absolute Gasteiger partial charge is 0.486 e. The Balaban J connectivity index is 1.32. The van der Waals surface area contributed by atoms with Gasteiger partial charge in [0, 0.05) is 12.6 Å².